The number of likely N-dealkylation sites (tertiary alicyclic amines) is 1. The van der Waals surface area contributed by atoms with E-state index in [2.05, 4.69) is 17.4 Å². The summed E-state index contributed by atoms with van der Waals surface area (Å²) >= 11 is 0. The van der Waals surface area contributed by atoms with Crippen molar-refractivity contribution in [2.75, 3.05) is 6.54 Å². The number of hydrogen-bond donors (Lipinski definition) is 1. The Morgan fingerprint density at radius 3 is 2.33 bits per heavy atom. The minimum atomic E-state index is -0.164. The van der Waals surface area contributed by atoms with E-state index in [1.807, 2.05) is 18.2 Å². The van der Waals surface area contributed by atoms with Crippen molar-refractivity contribution in [1.29, 1.82) is 0 Å². The van der Waals surface area contributed by atoms with Crippen LogP contribution in [0.1, 0.15) is 56.6 Å². The minimum Gasteiger partial charge on any atom is -0.349 e. The molecule has 1 saturated carbocycles. The number of hydrogen-bond acceptors (Lipinski definition) is 3. The first-order chi connectivity index (χ1) is 11.6. The van der Waals surface area contributed by atoms with Crippen molar-refractivity contribution in [1.82, 2.24) is 10.2 Å². The Morgan fingerprint density at radius 1 is 1.08 bits per heavy atom. The maximum atomic E-state index is 12.4. The highest BCUT2D eigenvalue weighted by Gasteiger charge is 2.30. The van der Waals surface area contributed by atoms with Gasteiger partial charge in [0.05, 0.1) is 6.04 Å². The van der Waals surface area contributed by atoms with E-state index >= 15 is 0 Å². The van der Waals surface area contributed by atoms with Crippen LogP contribution in [0.3, 0.4) is 0 Å². The Balaban J connectivity index is 1.61. The lowest BCUT2D eigenvalue weighted by Gasteiger charge is -2.25. The van der Waals surface area contributed by atoms with E-state index in [1.165, 1.54) is 17.7 Å². The monoisotopic (exact) mass is 328 g/mol. The number of benzene rings is 1. The molecule has 0 bridgehead atoms. The smallest absolute Gasteiger partial charge is 0.229 e. The molecule has 3 amide bonds. The molecule has 1 N–H and O–H groups in total. The van der Waals surface area contributed by atoms with Crippen LogP contribution < -0.4 is 5.32 Å². The maximum absolute atomic E-state index is 12.4. The molecule has 5 heteroatoms. The third-order valence-electron chi connectivity index (χ3n) is 5.06. The van der Waals surface area contributed by atoms with Gasteiger partial charge in [0.25, 0.3) is 0 Å². The zero-order chi connectivity index (χ0) is 16.9. The number of nitrogens with zero attached hydrogens (tertiary/aromatic N) is 1. The molecule has 5 nitrogen and oxygen atoms in total. The molecule has 1 atom stereocenters. The molecule has 1 aromatic rings. The largest absolute Gasteiger partial charge is 0.349 e. The van der Waals surface area contributed by atoms with Crippen LogP contribution >= 0.6 is 0 Å². The van der Waals surface area contributed by atoms with Crippen LogP contribution in [0.15, 0.2) is 30.3 Å². The van der Waals surface area contributed by atoms with Crippen LogP contribution in [0, 0.1) is 5.92 Å². The van der Waals surface area contributed by atoms with Gasteiger partial charge in [-0.3, -0.25) is 19.3 Å². The quantitative estimate of drug-likeness (QED) is 0.816. The topological polar surface area (TPSA) is 66.5 Å². The van der Waals surface area contributed by atoms with Gasteiger partial charge in [-0.05, 0) is 24.3 Å². The molecule has 0 radical (unpaired) electrons. The van der Waals surface area contributed by atoms with E-state index in [1.54, 1.807) is 0 Å². The third kappa shape index (κ3) is 3.83. The van der Waals surface area contributed by atoms with Gasteiger partial charge < -0.3 is 5.32 Å². The number of amides is 3. The molecule has 0 unspecified atom stereocenters. The van der Waals surface area contributed by atoms with Gasteiger partial charge in [-0.2, -0.15) is 0 Å². The summed E-state index contributed by atoms with van der Waals surface area (Å²) in [5.41, 5.74) is 1.13. The molecule has 128 valence electrons. The number of imide groups is 1. The first-order valence-electron chi connectivity index (χ1n) is 8.82. The zero-order valence-corrected chi connectivity index (χ0v) is 13.9. The minimum absolute atomic E-state index is 0.0196. The molecule has 24 heavy (non-hydrogen) atoms. The third-order valence-corrected chi connectivity index (χ3v) is 5.06. The highest BCUT2D eigenvalue weighted by atomic mass is 16.2. The van der Waals surface area contributed by atoms with Crippen molar-refractivity contribution in [2.24, 2.45) is 5.92 Å². The molecule has 2 aliphatic rings. The first kappa shape index (κ1) is 16.7. The fourth-order valence-electron chi connectivity index (χ4n) is 3.76. The molecular weight excluding hydrogens is 304 g/mol. The molecule has 2 fully saturated rings. The molecule has 1 saturated heterocycles. The Labute approximate surface area is 142 Å². The Bertz CT molecular complexity index is 592. The number of carbonyl (C=O) groups is 3. The van der Waals surface area contributed by atoms with Gasteiger partial charge in [0.2, 0.25) is 17.7 Å². The van der Waals surface area contributed by atoms with E-state index in [0.717, 1.165) is 18.4 Å². The first-order valence-corrected chi connectivity index (χ1v) is 8.82. The highest BCUT2D eigenvalue weighted by Crippen LogP contribution is 2.35. The van der Waals surface area contributed by atoms with Gasteiger partial charge in [0.1, 0.15) is 0 Å². The predicted molar refractivity (Wildman–Crippen MR) is 89.9 cm³/mol. The molecule has 1 aliphatic heterocycles. The van der Waals surface area contributed by atoms with Crippen molar-refractivity contribution in [2.45, 2.75) is 51.0 Å². The molecular formula is C19H24N2O3. The van der Waals surface area contributed by atoms with E-state index in [-0.39, 0.29) is 49.6 Å². The maximum Gasteiger partial charge on any atom is 0.229 e. The van der Waals surface area contributed by atoms with Gasteiger partial charge in [-0.1, -0.05) is 43.2 Å². The van der Waals surface area contributed by atoms with Crippen molar-refractivity contribution >= 4 is 17.7 Å². The lowest BCUT2D eigenvalue weighted by Crippen LogP contribution is -2.37. The number of nitrogens with one attached hydrogen (secondary N) is 1. The summed E-state index contributed by atoms with van der Waals surface area (Å²) < 4.78 is 0. The SMILES string of the molecule is O=C(CCN1C(=O)CCC1=O)N[C@H](c1ccccc1)C1CCCC1. The van der Waals surface area contributed by atoms with Gasteiger partial charge in [-0.15, -0.1) is 0 Å². The van der Waals surface area contributed by atoms with Crippen LogP contribution in [0.5, 0.6) is 0 Å². The summed E-state index contributed by atoms with van der Waals surface area (Å²) in [6.45, 7) is 0.190. The summed E-state index contributed by atoms with van der Waals surface area (Å²) in [5, 5.41) is 3.14. The molecule has 0 aromatic heterocycles. The summed E-state index contributed by atoms with van der Waals surface area (Å²) in [6, 6.07) is 10.1. The zero-order valence-electron chi connectivity index (χ0n) is 13.9. The fourth-order valence-corrected chi connectivity index (χ4v) is 3.76. The lowest BCUT2D eigenvalue weighted by molar-refractivity contribution is -0.138. The van der Waals surface area contributed by atoms with Gasteiger partial charge in [0, 0.05) is 25.8 Å². The highest BCUT2D eigenvalue weighted by molar-refractivity contribution is 6.02. The van der Waals surface area contributed by atoms with E-state index in [4.69, 9.17) is 0 Å². The van der Waals surface area contributed by atoms with Crippen LogP contribution in [0.2, 0.25) is 0 Å². The van der Waals surface area contributed by atoms with Crippen LogP contribution in [-0.4, -0.2) is 29.2 Å². The molecule has 3 rings (SSSR count). The molecule has 0 spiro atoms. The summed E-state index contributed by atoms with van der Waals surface area (Å²) in [6.07, 6.45) is 5.39. The standard InChI is InChI=1S/C19H24N2O3/c22-16(12-13-21-17(23)10-11-18(21)24)20-19(15-8-4-5-9-15)14-6-2-1-3-7-14/h1-3,6-7,15,19H,4-5,8-13H2,(H,20,22)/t19-/m1/s1. The predicted octanol–water partition coefficient (Wildman–Crippen LogP) is 2.57. The second kappa shape index (κ2) is 7.60. The van der Waals surface area contributed by atoms with Gasteiger partial charge in [0.15, 0.2) is 0 Å². The normalized spacial score (nSPS) is 19.8. The van der Waals surface area contributed by atoms with Crippen LogP contribution in [0.4, 0.5) is 0 Å². The van der Waals surface area contributed by atoms with Crippen LogP contribution in [-0.2, 0) is 14.4 Å². The average molecular weight is 328 g/mol. The van der Waals surface area contributed by atoms with Crippen molar-refractivity contribution in [3.8, 4) is 0 Å². The van der Waals surface area contributed by atoms with Gasteiger partial charge >= 0.3 is 0 Å². The summed E-state index contributed by atoms with van der Waals surface area (Å²) in [4.78, 5) is 36.9. The second-order valence-corrected chi connectivity index (χ2v) is 6.69. The van der Waals surface area contributed by atoms with Crippen LogP contribution in [0.25, 0.3) is 0 Å². The van der Waals surface area contributed by atoms with Gasteiger partial charge in [-0.25, -0.2) is 0 Å². The van der Waals surface area contributed by atoms with Crippen molar-refractivity contribution < 1.29 is 14.4 Å². The second-order valence-electron chi connectivity index (χ2n) is 6.69. The van der Waals surface area contributed by atoms with E-state index in [0.29, 0.717) is 5.92 Å². The van der Waals surface area contributed by atoms with Crippen molar-refractivity contribution in [3.63, 3.8) is 0 Å². The van der Waals surface area contributed by atoms with Crippen molar-refractivity contribution in [3.05, 3.63) is 35.9 Å². The summed E-state index contributed by atoms with van der Waals surface area (Å²) in [7, 11) is 0. The number of carbonyl (C=O) groups excluding carboxylic acids is 3. The van der Waals surface area contributed by atoms with E-state index in [9.17, 15) is 14.4 Å². The molecule has 1 heterocycles. The summed E-state index contributed by atoms with van der Waals surface area (Å²) in [5.74, 6) is 0.0426. The Morgan fingerprint density at radius 2 is 1.71 bits per heavy atom. The lowest BCUT2D eigenvalue weighted by atomic mass is 9.91. The number of rotatable bonds is 6. The van der Waals surface area contributed by atoms with E-state index < -0.39 is 0 Å². The average Bonchev–Trinajstić information content (AvgIpc) is 3.23. The fraction of sp³-hybridized carbons (Fsp3) is 0.526. The molecule has 1 aliphatic carbocycles. The molecule has 1 aromatic carbocycles. The Kier molecular flexibility index (Phi) is 5.28. The Hall–Kier alpha value is -2.17.